The van der Waals surface area contributed by atoms with Crippen LogP contribution in [0.15, 0.2) is 53.5 Å². The lowest BCUT2D eigenvalue weighted by Crippen LogP contribution is -2.34. The fourth-order valence-electron chi connectivity index (χ4n) is 2.94. The van der Waals surface area contributed by atoms with Gasteiger partial charge in [0.15, 0.2) is 5.17 Å². The molecule has 1 fully saturated rings. The predicted molar refractivity (Wildman–Crippen MR) is 118 cm³/mol. The molecule has 29 heavy (non-hydrogen) atoms. The zero-order valence-corrected chi connectivity index (χ0v) is 17.7. The molecule has 1 heterocycles. The van der Waals surface area contributed by atoms with E-state index >= 15 is 0 Å². The first-order valence-corrected chi connectivity index (χ1v) is 10.5. The Kier molecular flexibility index (Phi) is 6.93. The van der Waals surface area contributed by atoms with Crippen molar-refractivity contribution in [2.45, 2.75) is 31.9 Å². The second kappa shape index (κ2) is 9.60. The number of amidine groups is 1. The van der Waals surface area contributed by atoms with Gasteiger partial charge in [0, 0.05) is 18.7 Å². The number of ether oxygens (including phenoxy) is 1. The van der Waals surface area contributed by atoms with E-state index in [4.69, 9.17) is 4.74 Å². The number of carbonyl (C=O) groups is 2. The maximum absolute atomic E-state index is 12.9. The number of amides is 2. The van der Waals surface area contributed by atoms with E-state index in [-0.39, 0.29) is 18.2 Å². The molecule has 2 aromatic carbocycles. The van der Waals surface area contributed by atoms with Gasteiger partial charge in [-0.05, 0) is 49.7 Å². The summed E-state index contributed by atoms with van der Waals surface area (Å²) in [6.45, 7) is 4.59. The highest BCUT2D eigenvalue weighted by Crippen LogP contribution is 2.32. The first-order valence-electron chi connectivity index (χ1n) is 9.57. The van der Waals surface area contributed by atoms with Crippen molar-refractivity contribution >= 4 is 40.1 Å². The molecule has 0 unspecified atom stereocenters. The van der Waals surface area contributed by atoms with Gasteiger partial charge in [-0.15, -0.1) is 0 Å². The minimum atomic E-state index is -0.469. The lowest BCUT2D eigenvalue weighted by atomic mass is 10.2. The predicted octanol–water partition coefficient (Wildman–Crippen LogP) is 4.37. The zero-order valence-electron chi connectivity index (χ0n) is 16.8. The molecule has 2 amide bonds. The highest BCUT2D eigenvalue weighted by molar-refractivity contribution is 8.15. The lowest BCUT2D eigenvalue weighted by molar-refractivity contribution is -0.128. The van der Waals surface area contributed by atoms with E-state index in [1.807, 2.05) is 62.4 Å². The molecule has 0 aliphatic carbocycles. The largest absolute Gasteiger partial charge is 0.497 e. The second-order valence-corrected chi connectivity index (χ2v) is 7.98. The van der Waals surface area contributed by atoms with Crippen LogP contribution in [-0.4, -0.2) is 40.8 Å². The molecule has 0 radical (unpaired) electrons. The van der Waals surface area contributed by atoms with Gasteiger partial charge in [0.05, 0.1) is 12.8 Å². The summed E-state index contributed by atoms with van der Waals surface area (Å²) in [5, 5.41) is 3.03. The van der Waals surface area contributed by atoms with Gasteiger partial charge >= 0.3 is 0 Å². The van der Waals surface area contributed by atoms with Gasteiger partial charge in [0.2, 0.25) is 11.8 Å². The minimum Gasteiger partial charge on any atom is -0.497 e. The smallest absolute Gasteiger partial charge is 0.242 e. The molecule has 1 aliphatic heterocycles. The van der Waals surface area contributed by atoms with Gasteiger partial charge in [0.1, 0.15) is 11.0 Å². The number of aryl methyl sites for hydroxylation is 1. The number of thioether (sulfide) groups is 1. The van der Waals surface area contributed by atoms with Crippen molar-refractivity contribution in [2.24, 2.45) is 4.99 Å². The Hall–Kier alpha value is -2.80. The lowest BCUT2D eigenvalue weighted by Gasteiger charge is -2.15. The fraction of sp³-hybridized carbons (Fsp3) is 0.318. The molecule has 1 aliphatic rings. The van der Waals surface area contributed by atoms with Crippen molar-refractivity contribution in [1.82, 2.24) is 4.90 Å². The molecule has 152 valence electrons. The van der Waals surface area contributed by atoms with Gasteiger partial charge in [-0.3, -0.25) is 14.5 Å². The van der Waals surface area contributed by atoms with Crippen LogP contribution in [0.2, 0.25) is 0 Å². The Bertz CT molecular complexity index is 895. The molecule has 0 bridgehead atoms. The third-order valence-corrected chi connectivity index (χ3v) is 5.65. The standard InChI is InChI=1S/C22H25N3O3S/c1-4-13-25-21(27)19(14-20(26)23-16-7-5-15(2)6-8-16)29-22(25)24-17-9-11-18(28-3)12-10-17/h5-12,19H,4,13-14H2,1-3H3,(H,23,26)/t19-/m0/s1. The van der Waals surface area contributed by atoms with Crippen LogP contribution >= 0.6 is 11.8 Å². The number of hydrogen-bond donors (Lipinski definition) is 1. The molecule has 0 aromatic heterocycles. The molecular formula is C22H25N3O3S. The van der Waals surface area contributed by atoms with E-state index in [0.29, 0.717) is 11.7 Å². The Morgan fingerprint density at radius 2 is 1.86 bits per heavy atom. The third-order valence-electron chi connectivity index (χ3n) is 4.47. The summed E-state index contributed by atoms with van der Waals surface area (Å²) in [5.74, 6) is 0.505. The molecule has 7 heteroatoms. The van der Waals surface area contributed by atoms with Crippen LogP contribution < -0.4 is 10.1 Å². The Labute approximate surface area is 175 Å². The highest BCUT2D eigenvalue weighted by atomic mass is 32.2. The molecule has 2 aromatic rings. The normalized spacial score (nSPS) is 17.6. The van der Waals surface area contributed by atoms with E-state index in [1.165, 1.54) is 11.8 Å². The Morgan fingerprint density at radius 1 is 1.17 bits per heavy atom. The van der Waals surface area contributed by atoms with Crippen molar-refractivity contribution in [1.29, 1.82) is 0 Å². The van der Waals surface area contributed by atoms with E-state index in [0.717, 1.165) is 29.1 Å². The Morgan fingerprint density at radius 3 is 2.48 bits per heavy atom. The van der Waals surface area contributed by atoms with Crippen LogP contribution in [0.25, 0.3) is 0 Å². The van der Waals surface area contributed by atoms with Crippen LogP contribution in [0.3, 0.4) is 0 Å². The molecule has 0 spiro atoms. The molecule has 1 N–H and O–H groups in total. The van der Waals surface area contributed by atoms with Crippen LogP contribution in [0, 0.1) is 6.92 Å². The second-order valence-electron chi connectivity index (χ2n) is 6.81. The zero-order chi connectivity index (χ0) is 20.8. The number of nitrogens with zero attached hydrogens (tertiary/aromatic N) is 2. The summed E-state index contributed by atoms with van der Waals surface area (Å²) in [6.07, 6.45) is 0.926. The van der Waals surface area contributed by atoms with Crippen molar-refractivity contribution in [3.63, 3.8) is 0 Å². The van der Waals surface area contributed by atoms with Gasteiger partial charge in [-0.25, -0.2) is 4.99 Å². The average Bonchev–Trinajstić information content (AvgIpc) is 2.99. The summed E-state index contributed by atoms with van der Waals surface area (Å²) in [4.78, 5) is 31.6. The average molecular weight is 412 g/mol. The van der Waals surface area contributed by atoms with Gasteiger partial charge in [-0.1, -0.05) is 36.4 Å². The van der Waals surface area contributed by atoms with Gasteiger partial charge < -0.3 is 10.1 Å². The van der Waals surface area contributed by atoms with Crippen LogP contribution in [-0.2, 0) is 9.59 Å². The fourth-order valence-corrected chi connectivity index (χ4v) is 4.12. The SMILES string of the molecule is CCCN1C(=O)[C@H](CC(=O)Nc2ccc(C)cc2)SC1=Nc1ccc(OC)cc1. The Balaban J connectivity index is 1.71. The number of methoxy groups -OCH3 is 1. The molecule has 6 nitrogen and oxygen atoms in total. The van der Waals surface area contributed by atoms with E-state index in [2.05, 4.69) is 10.3 Å². The quantitative estimate of drug-likeness (QED) is 0.734. The van der Waals surface area contributed by atoms with E-state index in [9.17, 15) is 9.59 Å². The van der Waals surface area contributed by atoms with Gasteiger partial charge in [-0.2, -0.15) is 0 Å². The number of anilines is 1. The molecular weight excluding hydrogens is 386 g/mol. The maximum Gasteiger partial charge on any atom is 0.242 e. The van der Waals surface area contributed by atoms with Crippen molar-refractivity contribution in [3.05, 3.63) is 54.1 Å². The van der Waals surface area contributed by atoms with Crippen LogP contribution in [0.4, 0.5) is 11.4 Å². The summed E-state index contributed by atoms with van der Waals surface area (Å²) < 4.78 is 5.17. The third kappa shape index (κ3) is 5.38. The molecule has 1 saturated heterocycles. The number of nitrogens with one attached hydrogen (secondary N) is 1. The summed E-state index contributed by atoms with van der Waals surface area (Å²) in [6, 6.07) is 14.9. The summed E-state index contributed by atoms with van der Waals surface area (Å²) in [5.41, 5.74) is 2.60. The number of hydrogen-bond acceptors (Lipinski definition) is 5. The first kappa shape index (κ1) is 20.9. The number of rotatable bonds is 7. The van der Waals surface area contributed by atoms with E-state index in [1.54, 1.807) is 12.0 Å². The monoisotopic (exact) mass is 411 g/mol. The maximum atomic E-state index is 12.9. The number of aliphatic imine (C=N–C) groups is 1. The molecule has 3 rings (SSSR count). The van der Waals surface area contributed by atoms with Crippen LogP contribution in [0.5, 0.6) is 5.75 Å². The molecule has 0 saturated carbocycles. The summed E-state index contributed by atoms with van der Waals surface area (Å²) in [7, 11) is 1.61. The summed E-state index contributed by atoms with van der Waals surface area (Å²) >= 11 is 1.35. The topological polar surface area (TPSA) is 71.0 Å². The highest BCUT2D eigenvalue weighted by Gasteiger charge is 2.38. The van der Waals surface area contributed by atoms with E-state index < -0.39 is 5.25 Å². The van der Waals surface area contributed by atoms with Crippen molar-refractivity contribution in [2.75, 3.05) is 19.0 Å². The van der Waals surface area contributed by atoms with Crippen molar-refractivity contribution in [3.8, 4) is 5.75 Å². The molecule has 1 atom stereocenters. The number of carbonyl (C=O) groups excluding carboxylic acids is 2. The first-order chi connectivity index (χ1) is 14.0. The van der Waals surface area contributed by atoms with Gasteiger partial charge in [0.25, 0.3) is 0 Å². The number of benzene rings is 2. The van der Waals surface area contributed by atoms with Crippen molar-refractivity contribution < 1.29 is 14.3 Å². The minimum absolute atomic E-state index is 0.0665. The van der Waals surface area contributed by atoms with Crippen LogP contribution in [0.1, 0.15) is 25.3 Å².